The van der Waals surface area contributed by atoms with Crippen molar-refractivity contribution in [3.63, 3.8) is 0 Å². The maximum atomic E-state index is 12.2. The summed E-state index contributed by atoms with van der Waals surface area (Å²) in [5.41, 5.74) is 0.811. The number of ether oxygens (including phenoxy) is 2. The first-order chi connectivity index (χ1) is 13.9. The van der Waals surface area contributed by atoms with Gasteiger partial charge < -0.3 is 19.1 Å². The molecule has 3 aromatic rings. The van der Waals surface area contributed by atoms with Crippen LogP contribution in [0.4, 0.5) is 5.69 Å². The lowest BCUT2D eigenvalue weighted by Gasteiger charge is -2.34. The smallest absolute Gasteiger partial charge is 0.305 e. The van der Waals surface area contributed by atoms with Crippen molar-refractivity contribution >= 4 is 33.7 Å². The minimum Gasteiger partial charge on any atom is -0.755 e. The van der Waals surface area contributed by atoms with Crippen LogP contribution in [-0.4, -0.2) is 34.1 Å². The number of carboxylic acids is 1. The molecule has 0 radical (unpaired) electrons. The van der Waals surface area contributed by atoms with Gasteiger partial charge >= 0.3 is 5.97 Å². The molecule has 0 aromatic heterocycles. The molecule has 3 aromatic carbocycles. The highest BCUT2D eigenvalue weighted by Gasteiger charge is 2.26. The summed E-state index contributed by atoms with van der Waals surface area (Å²) in [7, 11) is 2.94. The Labute approximate surface area is 170 Å². The van der Waals surface area contributed by atoms with Gasteiger partial charge in [0, 0.05) is 23.0 Å². The summed E-state index contributed by atoms with van der Waals surface area (Å²) in [6.07, 6.45) is -0.433. The number of benzene rings is 3. The molecule has 29 heavy (non-hydrogen) atoms. The number of fused-ring (bicyclic) bond motifs is 1. The van der Waals surface area contributed by atoms with Gasteiger partial charge in [-0.3, -0.25) is 13.3 Å². The van der Waals surface area contributed by atoms with E-state index in [1.165, 1.54) is 14.2 Å². The van der Waals surface area contributed by atoms with Crippen LogP contribution in [0.1, 0.15) is 18.0 Å². The lowest BCUT2D eigenvalue weighted by atomic mass is 10.0. The third kappa shape index (κ3) is 4.67. The predicted molar refractivity (Wildman–Crippen MR) is 110 cm³/mol. The number of aliphatic carboxylic acids is 1. The van der Waals surface area contributed by atoms with Crippen LogP contribution in [0.5, 0.6) is 11.5 Å². The minimum atomic E-state index is -2.72. The molecule has 1 N–H and O–H groups in total. The summed E-state index contributed by atoms with van der Waals surface area (Å²) >= 11 is -2.72. The number of hydrogen-bond acceptors (Lipinski definition) is 5. The summed E-state index contributed by atoms with van der Waals surface area (Å²) in [4.78, 5) is 11.6. The van der Waals surface area contributed by atoms with Crippen molar-refractivity contribution in [3.05, 3.63) is 66.2 Å². The largest absolute Gasteiger partial charge is 0.755 e. The molecule has 3 rings (SSSR count). The molecule has 2 unspecified atom stereocenters. The van der Waals surface area contributed by atoms with Gasteiger partial charge in [0.15, 0.2) is 0 Å². The first kappa shape index (κ1) is 20.6. The van der Waals surface area contributed by atoms with Crippen molar-refractivity contribution in [2.75, 3.05) is 18.5 Å². The maximum Gasteiger partial charge on any atom is 0.305 e. The predicted octanol–water partition coefficient (Wildman–Crippen LogP) is 3.67. The number of nitrogens with zero attached hydrogens (tertiary/aromatic N) is 1. The molecule has 0 bridgehead atoms. The highest BCUT2D eigenvalue weighted by atomic mass is 32.2. The fourth-order valence-electron chi connectivity index (χ4n) is 3.21. The van der Waals surface area contributed by atoms with Gasteiger partial charge in [0.1, 0.15) is 11.5 Å². The van der Waals surface area contributed by atoms with E-state index in [2.05, 4.69) is 0 Å². The zero-order valence-electron chi connectivity index (χ0n) is 15.9. The summed E-state index contributed by atoms with van der Waals surface area (Å²) in [6, 6.07) is 16.6. The Morgan fingerprint density at radius 1 is 1.03 bits per heavy atom. The van der Waals surface area contributed by atoms with Crippen molar-refractivity contribution in [2.45, 2.75) is 12.5 Å². The first-order valence-electron chi connectivity index (χ1n) is 8.75. The third-order valence-electron chi connectivity index (χ3n) is 4.56. The Bertz CT molecular complexity index is 1030. The summed E-state index contributed by atoms with van der Waals surface area (Å²) in [6.45, 7) is 0. The lowest BCUT2D eigenvalue weighted by Crippen LogP contribution is -2.32. The van der Waals surface area contributed by atoms with E-state index < -0.39 is 29.7 Å². The van der Waals surface area contributed by atoms with Crippen LogP contribution in [0.2, 0.25) is 0 Å². The van der Waals surface area contributed by atoms with Crippen LogP contribution < -0.4 is 13.8 Å². The van der Waals surface area contributed by atoms with E-state index in [1.54, 1.807) is 36.4 Å². The third-order valence-corrected chi connectivity index (χ3v) is 5.34. The average Bonchev–Trinajstić information content (AvgIpc) is 2.72. The molecule has 0 saturated carbocycles. The standard InChI is InChI=1S/C21H21NO6S/c1-27-18-10-16(11-19(12-18)28-2)20(13-21(23)24)22(29(25)26)17-8-7-14-5-3-4-6-15(14)9-17/h3-12,20H,13H2,1-2H3,(H,23,24)(H,25,26)/p-1. The molecule has 0 aliphatic carbocycles. The molecule has 0 amide bonds. The van der Waals surface area contributed by atoms with Gasteiger partial charge in [0.05, 0.1) is 26.7 Å². The number of hydrogen-bond donors (Lipinski definition) is 1. The number of anilines is 1. The van der Waals surface area contributed by atoms with Crippen molar-refractivity contribution in [2.24, 2.45) is 0 Å². The molecular weight excluding hydrogens is 394 g/mol. The molecule has 2 atom stereocenters. The molecular formula is C21H20NO6S-. The average molecular weight is 414 g/mol. The zero-order valence-corrected chi connectivity index (χ0v) is 16.7. The number of carboxylic acid groups (broad SMARTS) is 1. The molecule has 0 saturated heterocycles. The van der Waals surface area contributed by atoms with E-state index in [0.29, 0.717) is 22.7 Å². The molecule has 0 aliphatic heterocycles. The first-order valence-corrected chi connectivity index (χ1v) is 9.78. The van der Waals surface area contributed by atoms with Gasteiger partial charge in [-0.15, -0.1) is 0 Å². The topological polar surface area (TPSA) is 99.1 Å². The van der Waals surface area contributed by atoms with Gasteiger partial charge in [-0.2, -0.15) is 0 Å². The lowest BCUT2D eigenvalue weighted by molar-refractivity contribution is -0.137. The van der Waals surface area contributed by atoms with E-state index in [0.717, 1.165) is 15.1 Å². The molecule has 0 aliphatic rings. The minimum absolute atomic E-state index is 0.366. The Hall–Kier alpha value is -3.10. The van der Waals surface area contributed by atoms with Crippen molar-refractivity contribution in [1.29, 1.82) is 0 Å². The number of carbonyl (C=O) groups is 1. The fourth-order valence-corrected chi connectivity index (χ4v) is 3.90. The van der Waals surface area contributed by atoms with E-state index in [1.807, 2.05) is 24.3 Å². The zero-order chi connectivity index (χ0) is 21.0. The van der Waals surface area contributed by atoms with Crippen molar-refractivity contribution in [1.82, 2.24) is 0 Å². The Morgan fingerprint density at radius 2 is 1.66 bits per heavy atom. The van der Waals surface area contributed by atoms with Crippen LogP contribution in [0.15, 0.2) is 60.7 Å². The van der Waals surface area contributed by atoms with Gasteiger partial charge in [-0.25, -0.2) is 0 Å². The summed E-state index contributed by atoms with van der Waals surface area (Å²) in [5.74, 6) is -0.261. The fraction of sp³-hybridized carbons (Fsp3) is 0.190. The van der Waals surface area contributed by atoms with E-state index in [4.69, 9.17) is 9.47 Å². The maximum absolute atomic E-state index is 12.2. The van der Waals surface area contributed by atoms with Gasteiger partial charge in [0.25, 0.3) is 0 Å². The number of methoxy groups -OCH3 is 2. The van der Waals surface area contributed by atoms with E-state index >= 15 is 0 Å². The molecule has 7 nitrogen and oxygen atoms in total. The second-order valence-corrected chi connectivity index (χ2v) is 7.16. The van der Waals surface area contributed by atoms with Crippen LogP contribution in [0, 0.1) is 0 Å². The molecule has 152 valence electrons. The number of rotatable bonds is 8. The summed E-state index contributed by atoms with van der Waals surface area (Å²) < 4.78 is 36.0. The van der Waals surface area contributed by atoms with E-state index in [-0.39, 0.29) is 0 Å². The van der Waals surface area contributed by atoms with Crippen LogP contribution in [0.3, 0.4) is 0 Å². The van der Waals surface area contributed by atoms with Gasteiger partial charge in [-0.05, 0) is 40.6 Å². The normalized spacial score (nSPS) is 12.9. The molecule has 0 spiro atoms. The van der Waals surface area contributed by atoms with Crippen LogP contribution >= 0.6 is 0 Å². The van der Waals surface area contributed by atoms with Crippen LogP contribution in [0.25, 0.3) is 10.8 Å². The quantitative estimate of drug-likeness (QED) is 0.565. The second kappa shape index (κ2) is 8.93. The Morgan fingerprint density at radius 3 is 2.21 bits per heavy atom. The molecule has 0 heterocycles. The Balaban J connectivity index is 2.15. The summed E-state index contributed by atoms with van der Waals surface area (Å²) in [5, 5.41) is 11.3. The second-order valence-electron chi connectivity index (χ2n) is 6.33. The van der Waals surface area contributed by atoms with Crippen LogP contribution in [-0.2, 0) is 16.1 Å². The van der Waals surface area contributed by atoms with Crippen molar-refractivity contribution < 1.29 is 28.1 Å². The monoisotopic (exact) mass is 414 g/mol. The molecule has 8 heteroatoms. The highest BCUT2D eigenvalue weighted by Crippen LogP contribution is 2.36. The molecule has 0 fully saturated rings. The van der Waals surface area contributed by atoms with E-state index in [9.17, 15) is 18.7 Å². The SMILES string of the molecule is COc1cc(OC)cc(C(CC(=O)O)N(c2ccc3ccccc3c2)S(=O)[O-])c1. The Kier molecular flexibility index (Phi) is 6.36. The van der Waals surface area contributed by atoms with Gasteiger partial charge in [0.2, 0.25) is 0 Å². The van der Waals surface area contributed by atoms with Gasteiger partial charge in [-0.1, -0.05) is 30.3 Å². The van der Waals surface area contributed by atoms with Crippen molar-refractivity contribution in [3.8, 4) is 11.5 Å². The highest BCUT2D eigenvalue weighted by molar-refractivity contribution is 7.80.